The van der Waals surface area contributed by atoms with E-state index < -0.39 is 0 Å². The average molecular weight is 492 g/mol. The molecule has 1 aliphatic carbocycles. The molecule has 1 atom stereocenters. The lowest BCUT2D eigenvalue weighted by atomic mass is 9.76. The van der Waals surface area contributed by atoms with Crippen LogP contribution in [0.4, 0.5) is 0 Å². The van der Waals surface area contributed by atoms with Crippen molar-refractivity contribution >= 4 is 22.7 Å². The molecule has 3 fully saturated rings. The lowest BCUT2D eigenvalue weighted by molar-refractivity contribution is -0.122. The fourth-order valence-corrected chi connectivity index (χ4v) is 5.68. The second kappa shape index (κ2) is 8.99. The van der Waals surface area contributed by atoms with Crippen LogP contribution in [0, 0.1) is 5.41 Å². The van der Waals surface area contributed by atoms with Crippen LogP contribution in [0.25, 0.3) is 10.9 Å². The van der Waals surface area contributed by atoms with Gasteiger partial charge in [-0.2, -0.15) is 5.10 Å². The first-order valence-electron chi connectivity index (χ1n) is 13.0. The zero-order valence-corrected chi connectivity index (χ0v) is 20.9. The maximum absolute atomic E-state index is 13.3. The summed E-state index contributed by atoms with van der Waals surface area (Å²) in [5.74, 6) is 1.40. The standard InChI is InChI=1S/C26H33N7O3/c1-16(2)23-30-31-24(36-23)20-13-26(15-33(20)14-21(34)27-17-7-8-17)9-11-32(12-10-26)25(35)22-18-5-3-4-6-19(18)28-29-22/h3-6,16-17,20H,7-15H2,1-2H3,(H,27,34)(H,28,29). The molecule has 3 aromatic rings. The monoisotopic (exact) mass is 491 g/mol. The van der Waals surface area contributed by atoms with E-state index in [1.54, 1.807) is 0 Å². The van der Waals surface area contributed by atoms with Crippen LogP contribution in [0.3, 0.4) is 0 Å². The fourth-order valence-electron chi connectivity index (χ4n) is 5.68. The highest BCUT2D eigenvalue weighted by atomic mass is 16.4. The molecule has 1 unspecified atom stereocenters. The van der Waals surface area contributed by atoms with Gasteiger partial charge in [-0.1, -0.05) is 32.0 Å². The van der Waals surface area contributed by atoms with E-state index in [-0.39, 0.29) is 29.2 Å². The van der Waals surface area contributed by atoms with Crippen LogP contribution in [0.15, 0.2) is 28.7 Å². The smallest absolute Gasteiger partial charge is 0.274 e. The third-order valence-electron chi connectivity index (χ3n) is 7.91. The molecule has 6 rings (SSSR count). The number of carbonyl (C=O) groups is 2. The Labute approximate surface area is 209 Å². The Morgan fingerprint density at radius 1 is 1.19 bits per heavy atom. The minimum Gasteiger partial charge on any atom is -0.423 e. The van der Waals surface area contributed by atoms with E-state index in [0.29, 0.717) is 43.2 Å². The van der Waals surface area contributed by atoms with Crippen LogP contribution in [0.5, 0.6) is 0 Å². The number of aromatic nitrogens is 4. The number of likely N-dealkylation sites (tertiary alicyclic amines) is 2. The van der Waals surface area contributed by atoms with Crippen molar-refractivity contribution in [3.05, 3.63) is 41.7 Å². The number of H-pyrrole nitrogens is 1. The summed E-state index contributed by atoms with van der Waals surface area (Å²) in [6, 6.07) is 7.95. The summed E-state index contributed by atoms with van der Waals surface area (Å²) >= 11 is 0. The predicted molar refractivity (Wildman–Crippen MR) is 132 cm³/mol. The summed E-state index contributed by atoms with van der Waals surface area (Å²) < 4.78 is 6.05. The molecule has 0 bridgehead atoms. The minimum atomic E-state index is -0.0903. The summed E-state index contributed by atoms with van der Waals surface area (Å²) in [7, 11) is 0. The number of fused-ring (bicyclic) bond motifs is 1. The van der Waals surface area contributed by atoms with Gasteiger partial charge in [0.25, 0.3) is 5.91 Å². The third-order valence-corrected chi connectivity index (χ3v) is 7.91. The summed E-state index contributed by atoms with van der Waals surface area (Å²) in [6.45, 7) is 6.49. The Bertz CT molecular complexity index is 1270. The molecule has 1 aromatic carbocycles. The Balaban J connectivity index is 1.17. The van der Waals surface area contributed by atoms with Gasteiger partial charge in [0.05, 0.1) is 18.1 Å². The van der Waals surface area contributed by atoms with Gasteiger partial charge in [0, 0.05) is 37.0 Å². The lowest BCUT2D eigenvalue weighted by Crippen LogP contribution is -2.45. The normalized spacial score (nSPS) is 22.1. The molecule has 2 aliphatic heterocycles. The number of benzene rings is 1. The molecular formula is C26H33N7O3. The van der Waals surface area contributed by atoms with E-state index in [4.69, 9.17) is 4.42 Å². The molecule has 2 saturated heterocycles. The highest BCUT2D eigenvalue weighted by Gasteiger charge is 2.49. The molecule has 10 heteroatoms. The SMILES string of the molecule is CC(C)c1nnc(C2CC3(CCN(C(=O)c4n[nH]c5ccccc45)CC3)CN2CC(=O)NC2CC2)o1. The van der Waals surface area contributed by atoms with Crippen molar-refractivity contribution in [3.63, 3.8) is 0 Å². The van der Waals surface area contributed by atoms with Gasteiger partial charge < -0.3 is 14.6 Å². The van der Waals surface area contributed by atoms with E-state index >= 15 is 0 Å². The van der Waals surface area contributed by atoms with E-state index in [1.807, 2.05) is 43.0 Å². The second-order valence-corrected chi connectivity index (χ2v) is 11.0. The Morgan fingerprint density at radius 3 is 2.69 bits per heavy atom. The van der Waals surface area contributed by atoms with E-state index in [1.165, 1.54) is 0 Å². The first-order valence-corrected chi connectivity index (χ1v) is 13.0. The molecule has 1 spiro atoms. The van der Waals surface area contributed by atoms with Crippen molar-refractivity contribution in [2.24, 2.45) is 5.41 Å². The number of rotatable bonds is 6. The van der Waals surface area contributed by atoms with Crippen molar-refractivity contribution in [2.45, 2.75) is 64.0 Å². The molecule has 2 amide bonds. The molecule has 4 heterocycles. The number of aromatic amines is 1. The van der Waals surface area contributed by atoms with Gasteiger partial charge in [-0.25, -0.2) is 0 Å². The topological polar surface area (TPSA) is 120 Å². The highest BCUT2D eigenvalue weighted by molar-refractivity contribution is 6.04. The maximum Gasteiger partial charge on any atom is 0.274 e. The van der Waals surface area contributed by atoms with Crippen molar-refractivity contribution in [2.75, 3.05) is 26.2 Å². The number of amides is 2. The number of nitrogens with one attached hydrogen (secondary N) is 2. The quantitative estimate of drug-likeness (QED) is 0.544. The van der Waals surface area contributed by atoms with Gasteiger partial charge in [0.1, 0.15) is 0 Å². The second-order valence-electron chi connectivity index (χ2n) is 11.0. The van der Waals surface area contributed by atoms with Gasteiger partial charge in [-0.05, 0) is 43.6 Å². The first-order chi connectivity index (χ1) is 17.4. The third kappa shape index (κ3) is 4.38. The van der Waals surface area contributed by atoms with Crippen molar-refractivity contribution in [3.8, 4) is 0 Å². The molecule has 0 radical (unpaired) electrons. The molecule has 2 N–H and O–H groups in total. The molecular weight excluding hydrogens is 458 g/mol. The van der Waals surface area contributed by atoms with Crippen molar-refractivity contribution < 1.29 is 14.0 Å². The molecule has 2 aromatic heterocycles. The Kier molecular flexibility index (Phi) is 5.78. The number of para-hydroxylation sites is 1. The van der Waals surface area contributed by atoms with Gasteiger partial charge >= 0.3 is 0 Å². The summed E-state index contributed by atoms with van der Waals surface area (Å²) in [6.07, 6.45) is 4.70. The largest absolute Gasteiger partial charge is 0.423 e. The number of carbonyl (C=O) groups excluding carboxylic acids is 2. The van der Waals surface area contributed by atoms with Gasteiger partial charge in [0.15, 0.2) is 5.69 Å². The van der Waals surface area contributed by atoms with Crippen LogP contribution >= 0.6 is 0 Å². The fraction of sp³-hybridized carbons (Fsp3) is 0.577. The lowest BCUT2D eigenvalue weighted by Gasteiger charge is -2.39. The van der Waals surface area contributed by atoms with Crippen LogP contribution in [-0.4, -0.2) is 74.2 Å². The molecule has 190 valence electrons. The van der Waals surface area contributed by atoms with Crippen molar-refractivity contribution in [1.29, 1.82) is 0 Å². The van der Waals surface area contributed by atoms with Gasteiger partial charge in [0.2, 0.25) is 17.7 Å². The molecule has 3 aliphatic rings. The van der Waals surface area contributed by atoms with E-state index in [0.717, 1.165) is 49.6 Å². The van der Waals surface area contributed by atoms with E-state index in [9.17, 15) is 9.59 Å². The number of hydrogen-bond acceptors (Lipinski definition) is 7. The van der Waals surface area contributed by atoms with Crippen LogP contribution in [0.1, 0.15) is 80.2 Å². The van der Waals surface area contributed by atoms with Crippen molar-refractivity contribution in [1.82, 2.24) is 35.5 Å². The zero-order chi connectivity index (χ0) is 24.9. The zero-order valence-electron chi connectivity index (χ0n) is 20.9. The molecule has 36 heavy (non-hydrogen) atoms. The van der Waals surface area contributed by atoms with Crippen LogP contribution in [0.2, 0.25) is 0 Å². The summed E-state index contributed by atoms with van der Waals surface area (Å²) in [5.41, 5.74) is 1.35. The highest BCUT2D eigenvalue weighted by Crippen LogP contribution is 2.49. The molecule has 1 saturated carbocycles. The summed E-state index contributed by atoms with van der Waals surface area (Å²) in [4.78, 5) is 30.1. The van der Waals surface area contributed by atoms with Crippen LogP contribution < -0.4 is 5.32 Å². The number of hydrogen-bond donors (Lipinski definition) is 2. The van der Waals surface area contributed by atoms with Crippen LogP contribution in [-0.2, 0) is 4.79 Å². The van der Waals surface area contributed by atoms with Gasteiger partial charge in [-0.3, -0.25) is 19.6 Å². The van der Waals surface area contributed by atoms with E-state index in [2.05, 4.69) is 30.6 Å². The maximum atomic E-state index is 13.3. The Hall–Kier alpha value is -3.27. The first kappa shape index (κ1) is 23.1. The average Bonchev–Trinajstić information content (AvgIpc) is 3.26. The predicted octanol–water partition coefficient (Wildman–Crippen LogP) is 3.02. The molecule has 10 nitrogen and oxygen atoms in total. The number of nitrogens with zero attached hydrogens (tertiary/aromatic N) is 5. The Morgan fingerprint density at radius 2 is 1.97 bits per heavy atom. The summed E-state index contributed by atoms with van der Waals surface area (Å²) in [5, 5.41) is 19.9. The number of piperidine rings is 1. The minimum absolute atomic E-state index is 0.00140. The van der Waals surface area contributed by atoms with Gasteiger partial charge in [-0.15, -0.1) is 10.2 Å².